The second-order valence-electron chi connectivity index (χ2n) is 3.15. The number of anilines is 1. The molecule has 2 rings (SSSR count). The maximum Gasteiger partial charge on any atom is 0.122 e. The average Bonchev–Trinajstić information content (AvgIpc) is 2.02. The van der Waals surface area contributed by atoms with Crippen LogP contribution in [0.15, 0.2) is 24.3 Å². The van der Waals surface area contributed by atoms with Gasteiger partial charge in [-0.05, 0) is 24.3 Å². The monoisotopic (exact) mass is 174 g/mol. The standard InChI is InChI=1S/C10H12N3/c11-10(12)8-2-4-9(5-3-8)13-6-1-7-13/h1-5H,6-7H2,(H3,11,12). The second kappa shape index (κ2) is 3.09. The fourth-order valence-corrected chi connectivity index (χ4v) is 1.32. The van der Waals surface area contributed by atoms with Gasteiger partial charge in [0.25, 0.3) is 0 Å². The smallest absolute Gasteiger partial charge is 0.122 e. The first-order valence-electron chi connectivity index (χ1n) is 4.28. The Hall–Kier alpha value is -1.51. The van der Waals surface area contributed by atoms with Crippen LogP contribution in [-0.2, 0) is 0 Å². The van der Waals surface area contributed by atoms with Gasteiger partial charge in [-0.3, -0.25) is 5.41 Å². The van der Waals surface area contributed by atoms with Crippen LogP contribution in [0.25, 0.3) is 0 Å². The number of nitrogens with two attached hydrogens (primary N) is 1. The Morgan fingerprint density at radius 2 is 1.85 bits per heavy atom. The first-order valence-corrected chi connectivity index (χ1v) is 4.28. The third-order valence-corrected chi connectivity index (χ3v) is 2.24. The predicted octanol–water partition coefficient (Wildman–Crippen LogP) is 0.995. The van der Waals surface area contributed by atoms with E-state index in [4.69, 9.17) is 11.1 Å². The minimum Gasteiger partial charge on any atom is -0.384 e. The molecule has 1 radical (unpaired) electrons. The zero-order chi connectivity index (χ0) is 9.26. The lowest BCUT2D eigenvalue weighted by Gasteiger charge is -2.32. The van der Waals surface area contributed by atoms with E-state index in [0.29, 0.717) is 0 Å². The van der Waals surface area contributed by atoms with Crippen molar-refractivity contribution >= 4 is 11.5 Å². The lowest BCUT2D eigenvalue weighted by atomic mass is 10.1. The maximum atomic E-state index is 7.23. The molecule has 0 unspecified atom stereocenters. The van der Waals surface area contributed by atoms with Crippen molar-refractivity contribution in [2.24, 2.45) is 5.73 Å². The number of nitrogen functional groups attached to an aromatic ring is 1. The van der Waals surface area contributed by atoms with Crippen molar-refractivity contribution in [3.05, 3.63) is 36.2 Å². The lowest BCUT2D eigenvalue weighted by Crippen LogP contribution is -2.37. The van der Waals surface area contributed by atoms with Gasteiger partial charge in [0.1, 0.15) is 5.84 Å². The second-order valence-corrected chi connectivity index (χ2v) is 3.15. The van der Waals surface area contributed by atoms with Crippen LogP contribution in [-0.4, -0.2) is 18.9 Å². The van der Waals surface area contributed by atoms with Crippen molar-refractivity contribution in [1.82, 2.24) is 0 Å². The van der Waals surface area contributed by atoms with Crippen LogP contribution in [0.1, 0.15) is 5.56 Å². The molecular formula is C10H12N3. The molecule has 1 aliphatic heterocycles. The third-order valence-electron chi connectivity index (χ3n) is 2.24. The average molecular weight is 174 g/mol. The summed E-state index contributed by atoms with van der Waals surface area (Å²) in [5.74, 6) is 0.127. The van der Waals surface area contributed by atoms with E-state index in [1.807, 2.05) is 24.3 Å². The number of hydrogen-bond donors (Lipinski definition) is 2. The molecule has 1 saturated heterocycles. The summed E-state index contributed by atoms with van der Waals surface area (Å²) in [6, 6.07) is 7.78. The highest BCUT2D eigenvalue weighted by molar-refractivity contribution is 5.95. The Bertz CT molecular complexity index is 311. The largest absolute Gasteiger partial charge is 0.384 e. The highest BCUT2D eigenvalue weighted by Crippen LogP contribution is 2.19. The Balaban J connectivity index is 2.17. The maximum absolute atomic E-state index is 7.23. The Morgan fingerprint density at radius 1 is 1.23 bits per heavy atom. The van der Waals surface area contributed by atoms with Crippen molar-refractivity contribution in [3.8, 4) is 0 Å². The number of nitrogens with zero attached hydrogens (tertiary/aromatic N) is 1. The van der Waals surface area contributed by atoms with Gasteiger partial charge >= 0.3 is 0 Å². The van der Waals surface area contributed by atoms with Gasteiger partial charge in [0.15, 0.2) is 0 Å². The molecule has 13 heavy (non-hydrogen) atoms. The minimum absolute atomic E-state index is 0.127. The first kappa shape index (κ1) is 8.10. The van der Waals surface area contributed by atoms with Crippen molar-refractivity contribution in [2.75, 3.05) is 18.0 Å². The van der Waals surface area contributed by atoms with Crippen LogP contribution in [0, 0.1) is 11.8 Å². The summed E-state index contributed by atoms with van der Waals surface area (Å²) in [5.41, 5.74) is 7.34. The van der Waals surface area contributed by atoms with Crippen molar-refractivity contribution in [1.29, 1.82) is 5.41 Å². The van der Waals surface area contributed by atoms with Gasteiger partial charge in [-0.1, -0.05) is 0 Å². The minimum atomic E-state index is 0.127. The van der Waals surface area contributed by atoms with Crippen molar-refractivity contribution in [2.45, 2.75) is 0 Å². The number of hydrogen-bond acceptors (Lipinski definition) is 2. The molecule has 3 heteroatoms. The van der Waals surface area contributed by atoms with E-state index in [1.54, 1.807) is 0 Å². The van der Waals surface area contributed by atoms with E-state index in [0.717, 1.165) is 18.7 Å². The van der Waals surface area contributed by atoms with Crippen molar-refractivity contribution in [3.63, 3.8) is 0 Å². The Morgan fingerprint density at radius 3 is 2.23 bits per heavy atom. The summed E-state index contributed by atoms with van der Waals surface area (Å²) >= 11 is 0. The zero-order valence-corrected chi connectivity index (χ0v) is 7.33. The van der Waals surface area contributed by atoms with Crippen LogP contribution in [0.2, 0.25) is 0 Å². The molecule has 1 aromatic carbocycles. The van der Waals surface area contributed by atoms with E-state index in [1.165, 1.54) is 5.69 Å². The highest BCUT2D eigenvalue weighted by atomic mass is 15.2. The molecule has 1 heterocycles. The normalized spacial score (nSPS) is 15.2. The molecule has 1 fully saturated rings. The van der Waals surface area contributed by atoms with Crippen LogP contribution in [0.3, 0.4) is 0 Å². The molecule has 0 aromatic heterocycles. The molecule has 0 spiro atoms. The molecule has 0 aliphatic carbocycles. The van der Waals surface area contributed by atoms with Crippen LogP contribution in [0.5, 0.6) is 0 Å². The molecule has 67 valence electrons. The van der Waals surface area contributed by atoms with Crippen LogP contribution in [0.4, 0.5) is 5.69 Å². The molecule has 0 bridgehead atoms. The molecule has 3 N–H and O–H groups in total. The van der Waals surface area contributed by atoms with Gasteiger partial charge in [-0.15, -0.1) is 0 Å². The molecule has 0 atom stereocenters. The van der Waals surface area contributed by atoms with Gasteiger partial charge in [0.2, 0.25) is 0 Å². The number of amidine groups is 1. The van der Waals surface area contributed by atoms with E-state index < -0.39 is 0 Å². The topological polar surface area (TPSA) is 53.1 Å². The quantitative estimate of drug-likeness (QED) is 0.519. The molecule has 1 aromatic rings. The van der Waals surface area contributed by atoms with E-state index >= 15 is 0 Å². The van der Waals surface area contributed by atoms with E-state index in [2.05, 4.69) is 11.3 Å². The molecule has 1 aliphatic rings. The van der Waals surface area contributed by atoms with Gasteiger partial charge in [-0.25, -0.2) is 0 Å². The van der Waals surface area contributed by atoms with Gasteiger partial charge < -0.3 is 10.6 Å². The fraction of sp³-hybridized carbons (Fsp3) is 0.200. The van der Waals surface area contributed by atoms with Crippen molar-refractivity contribution < 1.29 is 0 Å². The summed E-state index contributed by atoms with van der Waals surface area (Å²) in [5, 5.41) is 7.23. The lowest BCUT2D eigenvalue weighted by molar-refractivity contribution is 0.763. The summed E-state index contributed by atoms with van der Waals surface area (Å²) in [4.78, 5) is 2.25. The van der Waals surface area contributed by atoms with Crippen LogP contribution < -0.4 is 10.6 Å². The summed E-state index contributed by atoms with van der Waals surface area (Å²) in [6.45, 7) is 2.05. The Labute approximate surface area is 77.7 Å². The molecular weight excluding hydrogens is 162 g/mol. The summed E-state index contributed by atoms with van der Waals surface area (Å²) in [6.07, 6.45) is 2.22. The predicted molar refractivity (Wildman–Crippen MR) is 54.0 cm³/mol. The number of rotatable bonds is 2. The molecule has 0 saturated carbocycles. The zero-order valence-electron chi connectivity index (χ0n) is 7.33. The molecule has 0 amide bonds. The Kier molecular flexibility index (Phi) is 1.93. The van der Waals surface area contributed by atoms with Gasteiger partial charge in [0, 0.05) is 30.8 Å². The molecule has 3 nitrogen and oxygen atoms in total. The van der Waals surface area contributed by atoms with E-state index in [-0.39, 0.29) is 5.84 Å². The number of benzene rings is 1. The number of nitrogens with one attached hydrogen (secondary N) is 1. The fourth-order valence-electron chi connectivity index (χ4n) is 1.32. The van der Waals surface area contributed by atoms with E-state index in [9.17, 15) is 0 Å². The summed E-state index contributed by atoms with van der Waals surface area (Å²) in [7, 11) is 0. The SMILES string of the molecule is N=C(N)c1ccc(N2C[CH]C2)cc1. The van der Waals surface area contributed by atoms with Gasteiger partial charge in [-0.2, -0.15) is 0 Å². The highest BCUT2D eigenvalue weighted by Gasteiger charge is 2.14. The first-order chi connectivity index (χ1) is 6.27. The third kappa shape index (κ3) is 1.49. The van der Waals surface area contributed by atoms with Crippen LogP contribution >= 0.6 is 0 Å². The summed E-state index contributed by atoms with van der Waals surface area (Å²) < 4.78 is 0. The van der Waals surface area contributed by atoms with Gasteiger partial charge in [0.05, 0.1) is 0 Å².